The highest BCUT2D eigenvalue weighted by Crippen LogP contribution is 2.26. The third-order valence-corrected chi connectivity index (χ3v) is 4.81. The van der Waals surface area contributed by atoms with Crippen LogP contribution in [-0.2, 0) is 0 Å². The average Bonchev–Trinajstić information content (AvgIpc) is 3.03. The Bertz CT molecular complexity index is 474. The molecule has 0 bridgehead atoms. The molecule has 1 heterocycles. The summed E-state index contributed by atoms with van der Waals surface area (Å²) in [4.78, 5) is 14.7. The Morgan fingerprint density at radius 1 is 1.05 bits per heavy atom. The smallest absolute Gasteiger partial charge is 0.251 e. The van der Waals surface area contributed by atoms with Crippen LogP contribution in [0.2, 0.25) is 0 Å². The summed E-state index contributed by atoms with van der Waals surface area (Å²) in [5, 5.41) is 3.08. The largest absolute Gasteiger partial charge is 0.349 e. The summed E-state index contributed by atoms with van der Waals surface area (Å²) in [5.74, 6) is -0.397. The first kappa shape index (κ1) is 14.5. The van der Waals surface area contributed by atoms with E-state index in [4.69, 9.17) is 0 Å². The van der Waals surface area contributed by atoms with Gasteiger partial charge in [-0.05, 0) is 49.9 Å². The van der Waals surface area contributed by atoms with Crippen LogP contribution in [0.15, 0.2) is 24.3 Å². The van der Waals surface area contributed by atoms with Crippen molar-refractivity contribution in [1.29, 1.82) is 0 Å². The van der Waals surface area contributed by atoms with Gasteiger partial charge in [-0.25, -0.2) is 4.39 Å². The van der Waals surface area contributed by atoms with Crippen molar-refractivity contribution in [1.82, 2.24) is 10.2 Å². The summed E-state index contributed by atoms with van der Waals surface area (Å²) < 4.78 is 12.9. The van der Waals surface area contributed by atoms with Gasteiger partial charge in [-0.1, -0.05) is 12.8 Å². The monoisotopic (exact) mass is 290 g/mol. The first-order valence-corrected chi connectivity index (χ1v) is 8.03. The SMILES string of the molecule is O=C(NC1CCN(C2CCCC2)CC1)c1ccc(F)cc1. The second-order valence-corrected chi connectivity index (χ2v) is 6.23. The lowest BCUT2D eigenvalue weighted by atomic mass is 10.0. The minimum atomic E-state index is -0.309. The molecule has 21 heavy (non-hydrogen) atoms. The molecular formula is C17H23FN2O. The lowest BCUT2D eigenvalue weighted by Crippen LogP contribution is -2.47. The summed E-state index contributed by atoms with van der Waals surface area (Å²) >= 11 is 0. The topological polar surface area (TPSA) is 32.3 Å². The number of likely N-dealkylation sites (tertiary alicyclic amines) is 1. The van der Waals surface area contributed by atoms with Gasteiger partial charge in [-0.15, -0.1) is 0 Å². The fourth-order valence-electron chi connectivity index (χ4n) is 3.55. The molecule has 0 radical (unpaired) electrons. The summed E-state index contributed by atoms with van der Waals surface area (Å²) in [5.41, 5.74) is 0.537. The van der Waals surface area contributed by atoms with Crippen molar-refractivity contribution < 1.29 is 9.18 Å². The fourth-order valence-corrected chi connectivity index (χ4v) is 3.55. The molecule has 1 aromatic carbocycles. The van der Waals surface area contributed by atoms with Crippen molar-refractivity contribution in [2.75, 3.05) is 13.1 Å². The van der Waals surface area contributed by atoms with E-state index in [1.807, 2.05) is 0 Å². The Morgan fingerprint density at radius 2 is 1.67 bits per heavy atom. The van der Waals surface area contributed by atoms with Gasteiger partial charge in [0.2, 0.25) is 0 Å². The number of carbonyl (C=O) groups excluding carboxylic acids is 1. The van der Waals surface area contributed by atoms with Crippen LogP contribution in [-0.4, -0.2) is 36.0 Å². The van der Waals surface area contributed by atoms with Gasteiger partial charge in [0.15, 0.2) is 0 Å². The molecule has 0 atom stereocenters. The van der Waals surface area contributed by atoms with Crippen LogP contribution in [0.1, 0.15) is 48.9 Å². The Kier molecular flexibility index (Phi) is 4.54. The molecule has 1 aliphatic heterocycles. The van der Waals surface area contributed by atoms with E-state index >= 15 is 0 Å². The van der Waals surface area contributed by atoms with Crippen molar-refractivity contribution >= 4 is 5.91 Å². The zero-order valence-corrected chi connectivity index (χ0v) is 12.4. The van der Waals surface area contributed by atoms with Crippen LogP contribution in [0.5, 0.6) is 0 Å². The number of piperidine rings is 1. The molecule has 1 amide bonds. The van der Waals surface area contributed by atoms with Gasteiger partial charge < -0.3 is 10.2 Å². The maximum atomic E-state index is 12.9. The second-order valence-electron chi connectivity index (χ2n) is 6.23. The number of benzene rings is 1. The van der Waals surface area contributed by atoms with Gasteiger partial charge >= 0.3 is 0 Å². The number of rotatable bonds is 3. The van der Waals surface area contributed by atoms with Crippen molar-refractivity contribution in [3.8, 4) is 0 Å². The Labute approximate surface area is 125 Å². The number of hydrogen-bond donors (Lipinski definition) is 1. The van der Waals surface area contributed by atoms with Crippen LogP contribution >= 0.6 is 0 Å². The molecule has 4 heteroatoms. The molecule has 1 saturated heterocycles. The van der Waals surface area contributed by atoms with Gasteiger partial charge in [-0.3, -0.25) is 4.79 Å². The normalized spacial score (nSPS) is 21.6. The molecule has 1 aromatic rings. The predicted molar refractivity (Wildman–Crippen MR) is 80.7 cm³/mol. The van der Waals surface area contributed by atoms with Crippen LogP contribution in [0.3, 0.4) is 0 Å². The fraction of sp³-hybridized carbons (Fsp3) is 0.588. The molecule has 2 fully saturated rings. The first-order chi connectivity index (χ1) is 10.2. The summed E-state index contributed by atoms with van der Waals surface area (Å²) in [6.07, 6.45) is 7.45. The third kappa shape index (κ3) is 3.62. The first-order valence-electron chi connectivity index (χ1n) is 8.03. The number of amides is 1. The highest BCUT2D eigenvalue weighted by molar-refractivity contribution is 5.94. The molecule has 114 valence electrons. The minimum absolute atomic E-state index is 0.0886. The molecule has 3 nitrogen and oxygen atoms in total. The quantitative estimate of drug-likeness (QED) is 0.928. The van der Waals surface area contributed by atoms with E-state index in [0.717, 1.165) is 32.0 Å². The highest BCUT2D eigenvalue weighted by Gasteiger charge is 2.27. The number of nitrogens with zero attached hydrogens (tertiary/aromatic N) is 1. The number of nitrogens with one attached hydrogen (secondary N) is 1. The van der Waals surface area contributed by atoms with Crippen molar-refractivity contribution in [2.45, 2.75) is 50.6 Å². The molecule has 1 aliphatic carbocycles. The van der Waals surface area contributed by atoms with Crippen molar-refractivity contribution in [3.63, 3.8) is 0 Å². The van der Waals surface area contributed by atoms with E-state index in [0.29, 0.717) is 5.56 Å². The maximum absolute atomic E-state index is 12.9. The van der Waals surface area contributed by atoms with Crippen LogP contribution in [0, 0.1) is 5.82 Å². The number of hydrogen-bond acceptors (Lipinski definition) is 2. The van der Waals surface area contributed by atoms with Gasteiger partial charge in [0.25, 0.3) is 5.91 Å². The molecule has 0 spiro atoms. The third-order valence-electron chi connectivity index (χ3n) is 4.81. The molecule has 2 aliphatic rings. The molecule has 0 aromatic heterocycles. The molecule has 1 N–H and O–H groups in total. The van der Waals surface area contributed by atoms with Gasteiger partial charge in [0, 0.05) is 30.7 Å². The molecule has 1 saturated carbocycles. The van der Waals surface area contributed by atoms with E-state index in [2.05, 4.69) is 10.2 Å². The van der Waals surface area contributed by atoms with Gasteiger partial charge in [0.1, 0.15) is 5.82 Å². The van der Waals surface area contributed by atoms with Crippen molar-refractivity contribution in [2.24, 2.45) is 0 Å². The van der Waals surface area contributed by atoms with E-state index in [-0.39, 0.29) is 17.8 Å². The van der Waals surface area contributed by atoms with E-state index in [1.165, 1.54) is 37.8 Å². The minimum Gasteiger partial charge on any atom is -0.349 e. The van der Waals surface area contributed by atoms with Gasteiger partial charge in [-0.2, -0.15) is 0 Å². The van der Waals surface area contributed by atoms with Crippen molar-refractivity contribution in [3.05, 3.63) is 35.6 Å². The van der Waals surface area contributed by atoms with E-state index in [9.17, 15) is 9.18 Å². The zero-order chi connectivity index (χ0) is 14.7. The van der Waals surface area contributed by atoms with E-state index < -0.39 is 0 Å². The maximum Gasteiger partial charge on any atom is 0.251 e. The summed E-state index contributed by atoms with van der Waals surface area (Å²) in [6.45, 7) is 2.16. The van der Waals surface area contributed by atoms with Gasteiger partial charge in [0.05, 0.1) is 0 Å². The lowest BCUT2D eigenvalue weighted by molar-refractivity contribution is 0.0892. The standard InChI is InChI=1S/C17H23FN2O/c18-14-7-5-13(6-8-14)17(21)19-15-9-11-20(12-10-15)16-3-1-2-4-16/h5-8,15-16H,1-4,9-12H2,(H,19,21). The van der Waals surface area contributed by atoms with E-state index in [1.54, 1.807) is 12.1 Å². The molecule has 0 unspecified atom stereocenters. The number of carbonyl (C=O) groups is 1. The predicted octanol–water partition coefficient (Wildman–Crippen LogP) is 2.96. The van der Waals surface area contributed by atoms with Crippen LogP contribution in [0.25, 0.3) is 0 Å². The average molecular weight is 290 g/mol. The summed E-state index contributed by atoms with van der Waals surface area (Å²) in [7, 11) is 0. The lowest BCUT2D eigenvalue weighted by Gasteiger charge is -2.36. The van der Waals surface area contributed by atoms with Crippen LogP contribution in [0.4, 0.5) is 4.39 Å². The molecular weight excluding hydrogens is 267 g/mol. The number of halogens is 1. The molecule has 3 rings (SSSR count). The zero-order valence-electron chi connectivity index (χ0n) is 12.4. The Balaban J connectivity index is 1.48. The highest BCUT2D eigenvalue weighted by atomic mass is 19.1. The summed E-state index contributed by atoms with van der Waals surface area (Å²) in [6, 6.07) is 6.77. The van der Waals surface area contributed by atoms with Crippen LogP contribution < -0.4 is 5.32 Å². The Morgan fingerprint density at radius 3 is 2.29 bits per heavy atom. The second kappa shape index (κ2) is 6.56. The Hall–Kier alpha value is -1.42.